The van der Waals surface area contributed by atoms with Gasteiger partial charge in [-0.1, -0.05) is 30.7 Å². The molecule has 0 aromatic heterocycles. The van der Waals surface area contributed by atoms with E-state index in [1.54, 1.807) is 37.3 Å². The number of piperidine rings is 1. The Hall–Kier alpha value is -3.22. The molecule has 33 heavy (non-hydrogen) atoms. The quantitative estimate of drug-likeness (QED) is 0.632. The van der Waals surface area contributed by atoms with Gasteiger partial charge >= 0.3 is 11.8 Å². The maximum atomic E-state index is 13.4. The SMILES string of the molecule is Cc1ccc(C)c(S(=O)(=O)N2CCCC[C@@H]2CCNC(=O)C(=O)Nc2ccccc2C#N)c1. The van der Waals surface area contributed by atoms with Gasteiger partial charge in [0.2, 0.25) is 10.0 Å². The summed E-state index contributed by atoms with van der Waals surface area (Å²) in [7, 11) is -3.67. The van der Waals surface area contributed by atoms with Crippen molar-refractivity contribution in [3.05, 3.63) is 59.2 Å². The molecule has 0 aliphatic carbocycles. The Morgan fingerprint density at radius 2 is 1.88 bits per heavy atom. The third-order valence-electron chi connectivity index (χ3n) is 5.77. The first-order chi connectivity index (χ1) is 15.7. The van der Waals surface area contributed by atoms with E-state index in [2.05, 4.69) is 10.6 Å². The van der Waals surface area contributed by atoms with Crippen molar-refractivity contribution in [2.75, 3.05) is 18.4 Å². The zero-order valence-electron chi connectivity index (χ0n) is 18.8. The van der Waals surface area contributed by atoms with E-state index in [1.807, 2.05) is 25.1 Å². The molecule has 0 spiro atoms. The van der Waals surface area contributed by atoms with E-state index in [4.69, 9.17) is 5.26 Å². The average molecular weight is 469 g/mol. The zero-order valence-corrected chi connectivity index (χ0v) is 19.6. The van der Waals surface area contributed by atoms with Gasteiger partial charge in [0, 0.05) is 19.1 Å². The summed E-state index contributed by atoms with van der Waals surface area (Å²) >= 11 is 0. The lowest BCUT2D eigenvalue weighted by Crippen LogP contribution is -2.46. The van der Waals surface area contributed by atoms with Gasteiger partial charge in [-0.05, 0) is 62.4 Å². The fourth-order valence-corrected chi connectivity index (χ4v) is 6.03. The lowest BCUT2D eigenvalue weighted by atomic mass is 10.0. The summed E-state index contributed by atoms with van der Waals surface area (Å²) in [6, 6.07) is 13.5. The number of nitrogens with zero attached hydrogens (tertiary/aromatic N) is 2. The minimum absolute atomic E-state index is 0.162. The van der Waals surface area contributed by atoms with Gasteiger partial charge in [-0.3, -0.25) is 9.59 Å². The Bertz CT molecular complexity index is 1190. The maximum Gasteiger partial charge on any atom is 0.313 e. The van der Waals surface area contributed by atoms with Crippen LogP contribution in [0, 0.1) is 25.2 Å². The number of carbonyl (C=O) groups excluding carboxylic acids is 2. The molecule has 2 aromatic rings. The highest BCUT2D eigenvalue weighted by atomic mass is 32.2. The number of rotatable bonds is 6. The van der Waals surface area contributed by atoms with Crippen molar-refractivity contribution >= 4 is 27.5 Å². The van der Waals surface area contributed by atoms with Crippen molar-refractivity contribution in [3.63, 3.8) is 0 Å². The molecule has 2 amide bonds. The van der Waals surface area contributed by atoms with Crippen LogP contribution in [-0.2, 0) is 19.6 Å². The fraction of sp³-hybridized carbons (Fsp3) is 0.375. The minimum atomic E-state index is -3.67. The number of sulfonamides is 1. The third-order valence-corrected chi connectivity index (χ3v) is 7.86. The summed E-state index contributed by atoms with van der Waals surface area (Å²) in [4.78, 5) is 24.7. The summed E-state index contributed by atoms with van der Waals surface area (Å²) < 4.78 is 28.3. The fourth-order valence-electron chi connectivity index (χ4n) is 3.99. The van der Waals surface area contributed by atoms with Crippen LogP contribution >= 0.6 is 0 Å². The van der Waals surface area contributed by atoms with Crippen LogP contribution in [0.3, 0.4) is 0 Å². The van der Waals surface area contributed by atoms with Crippen molar-refractivity contribution in [2.45, 2.75) is 50.5 Å². The molecule has 1 aliphatic heterocycles. The van der Waals surface area contributed by atoms with E-state index < -0.39 is 21.8 Å². The molecule has 174 valence electrons. The molecule has 0 unspecified atom stereocenters. The number of hydrogen-bond acceptors (Lipinski definition) is 5. The van der Waals surface area contributed by atoms with E-state index in [1.165, 1.54) is 4.31 Å². The first-order valence-corrected chi connectivity index (χ1v) is 12.4. The maximum absolute atomic E-state index is 13.4. The van der Waals surface area contributed by atoms with E-state index >= 15 is 0 Å². The molecule has 2 N–H and O–H groups in total. The largest absolute Gasteiger partial charge is 0.348 e. The van der Waals surface area contributed by atoms with Gasteiger partial charge in [-0.25, -0.2) is 8.42 Å². The molecule has 0 bridgehead atoms. The molecule has 8 nitrogen and oxygen atoms in total. The van der Waals surface area contributed by atoms with Crippen LogP contribution in [0.15, 0.2) is 47.4 Å². The molecule has 1 atom stereocenters. The zero-order chi connectivity index (χ0) is 24.0. The van der Waals surface area contributed by atoms with E-state index in [0.717, 1.165) is 18.4 Å². The number of benzene rings is 2. The summed E-state index contributed by atoms with van der Waals surface area (Å²) in [5.41, 5.74) is 2.10. The van der Waals surface area contributed by atoms with Crippen molar-refractivity contribution < 1.29 is 18.0 Å². The average Bonchev–Trinajstić information content (AvgIpc) is 2.81. The Morgan fingerprint density at radius 1 is 1.12 bits per heavy atom. The second kappa shape index (κ2) is 10.6. The third kappa shape index (κ3) is 5.78. The monoisotopic (exact) mass is 468 g/mol. The molecule has 9 heteroatoms. The first kappa shape index (κ1) is 24.4. The molecule has 1 aliphatic rings. The normalized spacial score (nSPS) is 16.6. The van der Waals surface area contributed by atoms with Gasteiger partial charge in [-0.2, -0.15) is 9.57 Å². The first-order valence-electron chi connectivity index (χ1n) is 10.9. The number of nitrogens with one attached hydrogen (secondary N) is 2. The van der Waals surface area contributed by atoms with Gasteiger partial charge in [0.15, 0.2) is 0 Å². The van der Waals surface area contributed by atoms with Crippen LogP contribution in [0.4, 0.5) is 5.69 Å². The van der Waals surface area contributed by atoms with E-state index in [-0.39, 0.29) is 23.8 Å². The topological polar surface area (TPSA) is 119 Å². The van der Waals surface area contributed by atoms with Crippen molar-refractivity contribution in [2.24, 2.45) is 0 Å². The Kier molecular flexibility index (Phi) is 7.84. The Labute approximate surface area is 194 Å². The van der Waals surface area contributed by atoms with Crippen molar-refractivity contribution in [3.8, 4) is 6.07 Å². The van der Waals surface area contributed by atoms with Gasteiger partial charge in [-0.15, -0.1) is 0 Å². The highest BCUT2D eigenvalue weighted by Gasteiger charge is 2.34. The summed E-state index contributed by atoms with van der Waals surface area (Å²) in [5.74, 6) is -1.70. The molecule has 1 heterocycles. The van der Waals surface area contributed by atoms with E-state index in [0.29, 0.717) is 29.8 Å². The lowest BCUT2D eigenvalue weighted by Gasteiger charge is -2.35. The van der Waals surface area contributed by atoms with Gasteiger partial charge in [0.25, 0.3) is 0 Å². The smallest absolute Gasteiger partial charge is 0.313 e. The van der Waals surface area contributed by atoms with Crippen LogP contribution in [0.1, 0.15) is 42.4 Å². The summed E-state index contributed by atoms with van der Waals surface area (Å²) in [5, 5.41) is 14.1. The molecular weight excluding hydrogens is 440 g/mol. The number of hydrogen-bond donors (Lipinski definition) is 2. The number of carbonyl (C=O) groups is 2. The van der Waals surface area contributed by atoms with Crippen LogP contribution in [0.2, 0.25) is 0 Å². The molecule has 3 rings (SSSR count). The Morgan fingerprint density at radius 3 is 2.64 bits per heavy atom. The van der Waals surface area contributed by atoms with Crippen molar-refractivity contribution in [1.29, 1.82) is 5.26 Å². The second-order valence-electron chi connectivity index (χ2n) is 8.19. The molecule has 2 aromatic carbocycles. The van der Waals surface area contributed by atoms with Crippen molar-refractivity contribution in [1.82, 2.24) is 9.62 Å². The number of aryl methyl sites for hydroxylation is 2. The number of nitriles is 1. The number of anilines is 1. The van der Waals surface area contributed by atoms with E-state index in [9.17, 15) is 18.0 Å². The number of amides is 2. The predicted molar refractivity (Wildman–Crippen MR) is 125 cm³/mol. The number of para-hydroxylation sites is 1. The lowest BCUT2D eigenvalue weighted by molar-refractivity contribution is -0.136. The molecule has 0 radical (unpaired) electrons. The highest BCUT2D eigenvalue weighted by Crippen LogP contribution is 2.29. The van der Waals surface area contributed by atoms with Crippen LogP contribution < -0.4 is 10.6 Å². The second-order valence-corrected chi connectivity index (χ2v) is 10.0. The molecule has 1 saturated heterocycles. The predicted octanol–water partition coefficient (Wildman–Crippen LogP) is 2.86. The summed E-state index contributed by atoms with van der Waals surface area (Å²) in [6.45, 7) is 4.24. The van der Waals surface area contributed by atoms with Gasteiger partial charge < -0.3 is 10.6 Å². The van der Waals surface area contributed by atoms with Crippen LogP contribution in [-0.4, -0.2) is 43.7 Å². The molecule has 1 fully saturated rings. The minimum Gasteiger partial charge on any atom is -0.348 e. The van der Waals surface area contributed by atoms with Gasteiger partial charge in [0.05, 0.1) is 16.1 Å². The van der Waals surface area contributed by atoms with Crippen LogP contribution in [0.25, 0.3) is 0 Å². The van der Waals surface area contributed by atoms with Gasteiger partial charge in [0.1, 0.15) is 6.07 Å². The standard InChI is InChI=1S/C24H28N4O4S/c1-17-10-11-18(2)22(15-17)33(31,32)28-14-6-5-8-20(28)12-13-26-23(29)24(30)27-21-9-4-3-7-19(21)16-25/h3-4,7,9-11,15,20H,5-6,8,12-14H2,1-2H3,(H,26,29)(H,27,30)/t20-/m1/s1. The summed E-state index contributed by atoms with van der Waals surface area (Å²) in [6.07, 6.45) is 2.79. The highest BCUT2D eigenvalue weighted by molar-refractivity contribution is 7.89. The Balaban J connectivity index is 1.62. The molecule has 0 saturated carbocycles. The van der Waals surface area contributed by atoms with Crippen LogP contribution in [0.5, 0.6) is 0 Å². The molecular formula is C24H28N4O4S.